The van der Waals surface area contributed by atoms with Crippen LogP contribution >= 0.6 is 22.9 Å². The van der Waals surface area contributed by atoms with Crippen LogP contribution in [0.25, 0.3) is 10.1 Å². The molecule has 0 aliphatic heterocycles. The third-order valence-electron chi connectivity index (χ3n) is 4.05. The van der Waals surface area contributed by atoms with E-state index in [0.717, 1.165) is 15.6 Å². The van der Waals surface area contributed by atoms with Gasteiger partial charge in [-0.3, -0.25) is 9.59 Å². The molecule has 0 radical (unpaired) electrons. The van der Waals surface area contributed by atoms with Crippen LogP contribution in [0.4, 0.5) is 5.69 Å². The summed E-state index contributed by atoms with van der Waals surface area (Å²) in [6.45, 7) is 0. The lowest BCUT2D eigenvalue weighted by Gasteiger charge is -2.10. The molecule has 134 valence electrons. The molecular formula is C20H19ClN2O2S. The second-order valence-electron chi connectivity index (χ2n) is 6.18. The molecule has 1 N–H and O–H groups in total. The molecule has 0 aliphatic carbocycles. The summed E-state index contributed by atoms with van der Waals surface area (Å²) in [5.41, 5.74) is 1.69. The molecule has 0 saturated heterocycles. The van der Waals surface area contributed by atoms with Crippen molar-refractivity contribution in [2.24, 2.45) is 0 Å². The molecule has 1 aromatic heterocycles. The lowest BCUT2D eigenvalue weighted by molar-refractivity contribution is -0.128. The van der Waals surface area contributed by atoms with Crippen LogP contribution in [-0.4, -0.2) is 30.8 Å². The standard InChI is InChI=1S/C20H19ClN2O2S/c1-23(2)17(24)11-10-13-6-5-7-14(12-13)22-20(25)19-18(21)15-8-3-4-9-16(15)26-19/h3-9,12H,10-11H2,1-2H3,(H,22,25). The average molecular weight is 387 g/mol. The highest BCUT2D eigenvalue weighted by atomic mass is 35.5. The summed E-state index contributed by atoms with van der Waals surface area (Å²) in [7, 11) is 3.49. The number of thiophene rings is 1. The highest BCUT2D eigenvalue weighted by Gasteiger charge is 2.17. The first-order valence-electron chi connectivity index (χ1n) is 8.23. The number of anilines is 1. The number of aryl methyl sites for hydroxylation is 1. The van der Waals surface area contributed by atoms with Crippen molar-refractivity contribution in [2.75, 3.05) is 19.4 Å². The zero-order chi connectivity index (χ0) is 18.7. The maximum Gasteiger partial charge on any atom is 0.267 e. The first-order chi connectivity index (χ1) is 12.5. The SMILES string of the molecule is CN(C)C(=O)CCc1cccc(NC(=O)c2sc3ccccc3c2Cl)c1. The van der Waals surface area contributed by atoms with Crippen LogP contribution in [0.3, 0.4) is 0 Å². The van der Waals surface area contributed by atoms with E-state index in [-0.39, 0.29) is 11.8 Å². The van der Waals surface area contributed by atoms with Crippen LogP contribution in [0.5, 0.6) is 0 Å². The molecule has 2 amide bonds. The number of hydrogen-bond donors (Lipinski definition) is 1. The number of benzene rings is 2. The van der Waals surface area contributed by atoms with Crippen molar-refractivity contribution in [3.63, 3.8) is 0 Å². The Kier molecular flexibility index (Phi) is 5.59. The van der Waals surface area contributed by atoms with E-state index in [1.165, 1.54) is 11.3 Å². The highest BCUT2D eigenvalue weighted by molar-refractivity contribution is 7.21. The molecule has 2 aromatic carbocycles. The van der Waals surface area contributed by atoms with E-state index >= 15 is 0 Å². The minimum atomic E-state index is -0.224. The van der Waals surface area contributed by atoms with Gasteiger partial charge in [0, 0.05) is 36.3 Å². The Bertz CT molecular complexity index is 965. The molecule has 26 heavy (non-hydrogen) atoms. The fourth-order valence-corrected chi connectivity index (χ4v) is 4.04. The Balaban J connectivity index is 1.74. The molecule has 0 atom stereocenters. The van der Waals surface area contributed by atoms with Gasteiger partial charge in [0.05, 0.1) is 5.02 Å². The van der Waals surface area contributed by atoms with Crippen molar-refractivity contribution < 1.29 is 9.59 Å². The van der Waals surface area contributed by atoms with Gasteiger partial charge in [-0.1, -0.05) is 41.9 Å². The zero-order valence-electron chi connectivity index (χ0n) is 14.6. The molecule has 1 heterocycles. The van der Waals surface area contributed by atoms with Crippen molar-refractivity contribution in [1.29, 1.82) is 0 Å². The molecule has 0 aliphatic rings. The number of amides is 2. The molecule has 4 nitrogen and oxygen atoms in total. The lowest BCUT2D eigenvalue weighted by atomic mass is 10.1. The van der Waals surface area contributed by atoms with E-state index in [1.807, 2.05) is 48.5 Å². The van der Waals surface area contributed by atoms with Gasteiger partial charge in [-0.25, -0.2) is 0 Å². The number of fused-ring (bicyclic) bond motifs is 1. The minimum Gasteiger partial charge on any atom is -0.349 e. The first kappa shape index (κ1) is 18.4. The van der Waals surface area contributed by atoms with Crippen LogP contribution in [0.15, 0.2) is 48.5 Å². The van der Waals surface area contributed by atoms with E-state index in [1.54, 1.807) is 19.0 Å². The van der Waals surface area contributed by atoms with Gasteiger partial charge in [0.1, 0.15) is 4.88 Å². The topological polar surface area (TPSA) is 49.4 Å². The molecule has 0 spiro atoms. The quantitative estimate of drug-likeness (QED) is 0.682. The average Bonchev–Trinajstić information content (AvgIpc) is 2.97. The first-order valence-corrected chi connectivity index (χ1v) is 9.42. The van der Waals surface area contributed by atoms with Crippen LogP contribution in [0.2, 0.25) is 5.02 Å². The normalized spacial score (nSPS) is 10.7. The third kappa shape index (κ3) is 4.06. The number of nitrogens with zero attached hydrogens (tertiary/aromatic N) is 1. The van der Waals surface area contributed by atoms with Crippen molar-refractivity contribution in [3.8, 4) is 0 Å². The minimum absolute atomic E-state index is 0.0801. The number of nitrogens with one attached hydrogen (secondary N) is 1. The van der Waals surface area contributed by atoms with E-state index in [9.17, 15) is 9.59 Å². The van der Waals surface area contributed by atoms with Crippen molar-refractivity contribution in [3.05, 3.63) is 64.0 Å². The van der Waals surface area contributed by atoms with Gasteiger partial charge in [0.15, 0.2) is 0 Å². The Labute approximate surface area is 161 Å². The molecule has 0 saturated carbocycles. The van der Waals surface area contributed by atoms with E-state index < -0.39 is 0 Å². The Morgan fingerprint density at radius 3 is 2.62 bits per heavy atom. The predicted molar refractivity (Wildman–Crippen MR) is 108 cm³/mol. The van der Waals surface area contributed by atoms with Crippen LogP contribution in [-0.2, 0) is 11.2 Å². The third-order valence-corrected chi connectivity index (χ3v) is 5.73. The Morgan fingerprint density at radius 1 is 1.12 bits per heavy atom. The largest absolute Gasteiger partial charge is 0.349 e. The van der Waals surface area contributed by atoms with Crippen LogP contribution in [0, 0.1) is 0 Å². The van der Waals surface area contributed by atoms with Crippen LogP contribution in [0.1, 0.15) is 21.7 Å². The Morgan fingerprint density at radius 2 is 1.88 bits per heavy atom. The van der Waals surface area contributed by atoms with Gasteiger partial charge in [-0.15, -0.1) is 11.3 Å². The predicted octanol–water partition coefficient (Wildman–Crippen LogP) is 4.83. The molecule has 0 bridgehead atoms. The number of halogens is 1. The Hall–Kier alpha value is -2.37. The van der Waals surface area contributed by atoms with Gasteiger partial charge in [0.2, 0.25) is 5.91 Å². The second-order valence-corrected chi connectivity index (χ2v) is 7.61. The molecule has 3 aromatic rings. The van der Waals surface area contributed by atoms with Crippen LogP contribution < -0.4 is 5.32 Å². The summed E-state index contributed by atoms with van der Waals surface area (Å²) in [4.78, 5) is 26.4. The number of hydrogen-bond acceptors (Lipinski definition) is 3. The maximum absolute atomic E-state index is 12.6. The summed E-state index contributed by atoms with van der Waals surface area (Å²) in [5.74, 6) is -0.144. The van der Waals surface area contributed by atoms with E-state index in [2.05, 4.69) is 5.32 Å². The monoisotopic (exact) mass is 386 g/mol. The summed E-state index contributed by atoms with van der Waals surface area (Å²) in [5, 5.41) is 4.27. The molecule has 6 heteroatoms. The van der Waals surface area contributed by atoms with Crippen molar-refractivity contribution in [2.45, 2.75) is 12.8 Å². The number of carbonyl (C=O) groups excluding carboxylic acids is 2. The van der Waals surface area contributed by atoms with Gasteiger partial charge >= 0.3 is 0 Å². The van der Waals surface area contributed by atoms with E-state index in [4.69, 9.17) is 11.6 Å². The molecular weight excluding hydrogens is 368 g/mol. The summed E-state index contributed by atoms with van der Waals surface area (Å²) in [6, 6.07) is 15.2. The summed E-state index contributed by atoms with van der Waals surface area (Å²) >= 11 is 7.75. The molecule has 3 rings (SSSR count). The maximum atomic E-state index is 12.6. The number of carbonyl (C=O) groups is 2. The molecule has 0 fully saturated rings. The molecule has 0 unspecified atom stereocenters. The second kappa shape index (κ2) is 7.89. The van der Waals surface area contributed by atoms with Crippen molar-refractivity contribution >= 4 is 50.5 Å². The summed E-state index contributed by atoms with van der Waals surface area (Å²) in [6.07, 6.45) is 1.07. The van der Waals surface area contributed by atoms with E-state index in [0.29, 0.717) is 28.4 Å². The fourth-order valence-electron chi connectivity index (χ4n) is 2.63. The van der Waals surface area contributed by atoms with Gasteiger partial charge in [-0.2, -0.15) is 0 Å². The van der Waals surface area contributed by atoms with Gasteiger partial charge < -0.3 is 10.2 Å². The van der Waals surface area contributed by atoms with Crippen molar-refractivity contribution in [1.82, 2.24) is 4.90 Å². The van der Waals surface area contributed by atoms with Gasteiger partial charge in [0.25, 0.3) is 5.91 Å². The summed E-state index contributed by atoms with van der Waals surface area (Å²) < 4.78 is 0.985. The zero-order valence-corrected chi connectivity index (χ0v) is 16.2. The fraction of sp³-hybridized carbons (Fsp3) is 0.200. The highest BCUT2D eigenvalue weighted by Crippen LogP contribution is 2.35. The lowest BCUT2D eigenvalue weighted by Crippen LogP contribution is -2.21. The smallest absolute Gasteiger partial charge is 0.267 e. The number of rotatable bonds is 5. The van der Waals surface area contributed by atoms with Gasteiger partial charge in [-0.05, 0) is 30.2 Å².